The first-order chi connectivity index (χ1) is 31.3. The quantitative estimate of drug-likeness (QED) is 0.184. The number of aryl methyl sites for hydroxylation is 2. The Bertz CT molecular complexity index is 3280. The fourth-order valence-electron chi connectivity index (χ4n) is 7.24. The van der Waals surface area contributed by atoms with Crippen molar-refractivity contribution in [2.45, 2.75) is 73.1 Å². The first kappa shape index (κ1) is 27.4. The number of hydrogen-bond acceptors (Lipinski definition) is 3. The molecule has 4 nitrogen and oxygen atoms in total. The van der Waals surface area contributed by atoms with Gasteiger partial charge in [-0.05, 0) is 130 Å². The molecule has 2 heterocycles. The molecule has 0 radical (unpaired) electrons. The first-order valence-electron chi connectivity index (χ1n) is 24.1. The molecule has 0 aliphatic heterocycles. The number of aromatic nitrogens is 3. The van der Waals surface area contributed by atoms with E-state index >= 15 is 0 Å². The van der Waals surface area contributed by atoms with Crippen LogP contribution in [-0.4, -0.2) is 19.6 Å². The summed E-state index contributed by atoms with van der Waals surface area (Å²) in [5.41, 5.74) is 7.95. The van der Waals surface area contributed by atoms with Crippen molar-refractivity contribution in [1.82, 2.24) is 14.5 Å². The van der Waals surface area contributed by atoms with Gasteiger partial charge in [-0.15, -0.1) is 0 Å². The molecule has 8 rings (SSSR count). The van der Waals surface area contributed by atoms with Gasteiger partial charge in [0.25, 0.3) is 0 Å². The minimum Gasteiger partial charge on any atom is -0.507 e. The Balaban J connectivity index is 1.43. The number of phenols is 1. The Hall–Kier alpha value is -6.26. The predicted octanol–water partition coefficient (Wildman–Crippen LogP) is 14.0. The second kappa shape index (κ2) is 14.4. The second-order valence-corrected chi connectivity index (χ2v) is 16.8. The number of hydrogen-bond donors (Lipinski definition) is 1. The molecule has 0 atom stereocenters. The average molecular weight is 756 g/mol. The Morgan fingerprint density at radius 3 is 2.04 bits per heavy atom. The van der Waals surface area contributed by atoms with Crippen molar-refractivity contribution in [3.05, 3.63) is 167 Å². The fraction of sp³-hybridized carbons (Fsp3) is 0.208. The summed E-state index contributed by atoms with van der Waals surface area (Å²) >= 11 is 0. The lowest BCUT2D eigenvalue weighted by atomic mass is 9.83. The largest absolute Gasteiger partial charge is 0.507 e. The van der Waals surface area contributed by atoms with Gasteiger partial charge in [0.15, 0.2) is 0 Å². The molecule has 6 aromatic carbocycles. The zero-order chi connectivity index (χ0) is 48.8. The zero-order valence-electron chi connectivity index (χ0n) is 43.5. The fourth-order valence-corrected chi connectivity index (χ4v) is 7.24. The topological polar surface area (TPSA) is 50.9 Å². The van der Waals surface area contributed by atoms with E-state index in [2.05, 4.69) is 60.7 Å². The van der Waals surface area contributed by atoms with Crippen LogP contribution in [0.1, 0.15) is 83.1 Å². The summed E-state index contributed by atoms with van der Waals surface area (Å²) in [6.45, 7) is 13.5. The molecule has 0 aliphatic carbocycles. The van der Waals surface area contributed by atoms with Gasteiger partial charge in [0.1, 0.15) is 11.6 Å². The SMILES string of the molecule is [2H]c1nc(-c2cc(-c3cccc4c3nc(-c3cc(C)cc(C)c3O)n4-c3cc(-c4ccccc4)cc(C(C)(C)C)c3)cc(C(C)(C)C)c2)c([2H])c(-c2c([2H])c([2H])c(C([2H])([2H])[2H])c([2H])c2[2H])c1[2H]. The Morgan fingerprint density at radius 2 is 1.32 bits per heavy atom. The smallest absolute Gasteiger partial charge is 0.149 e. The van der Waals surface area contributed by atoms with E-state index in [4.69, 9.17) is 17.3 Å². The molecule has 284 valence electrons. The van der Waals surface area contributed by atoms with Crippen LogP contribution in [0.4, 0.5) is 0 Å². The number of rotatable bonds is 6. The van der Waals surface area contributed by atoms with E-state index in [-0.39, 0.29) is 22.4 Å². The molecule has 57 heavy (non-hydrogen) atoms. The third-order valence-corrected chi connectivity index (χ3v) is 10.4. The highest BCUT2D eigenvalue weighted by Gasteiger charge is 2.25. The molecule has 4 heteroatoms. The maximum atomic E-state index is 11.8. The predicted molar refractivity (Wildman–Crippen MR) is 239 cm³/mol. The summed E-state index contributed by atoms with van der Waals surface area (Å²) in [4.78, 5) is 9.84. The van der Waals surface area contributed by atoms with E-state index in [1.807, 2.05) is 101 Å². The van der Waals surface area contributed by atoms with E-state index in [1.54, 1.807) is 0 Å². The van der Waals surface area contributed by atoms with Crippen LogP contribution in [-0.2, 0) is 10.8 Å². The van der Waals surface area contributed by atoms with Gasteiger partial charge in [-0.25, -0.2) is 4.98 Å². The lowest BCUT2D eigenvalue weighted by Gasteiger charge is -2.23. The second-order valence-electron chi connectivity index (χ2n) is 16.8. The van der Waals surface area contributed by atoms with E-state index < -0.39 is 65.8 Å². The summed E-state index contributed by atoms with van der Waals surface area (Å²) in [6.07, 6.45) is -0.563. The summed E-state index contributed by atoms with van der Waals surface area (Å²) in [5, 5.41) is 11.8. The number of phenolic OH excluding ortho intramolecular Hbond substituents is 1. The lowest BCUT2D eigenvalue weighted by molar-refractivity contribution is 0.472. The number of nitrogens with zero attached hydrogens (tertiary/aromatic N) is 3. The number of pyridine rings is 1. The van der Waals surface area contributed by atoms with Crippen LogP contribution < -0.4 is 0 Å². The van der Waals surface area contributed by atoms with Gasteiger partial charge in [-0.2, -0.15) is 0 Å². The zero-order valence-corrected chi connectivity index (χ0v) is 33.5. The minimum atomic E-state index is -2.96. The highest BCUT2D eigenvalue weighted by atomic mass is 16.3. The van der Waals surface area contributed by atoms with Crippen molar-refractivity contribution in [2.24, 2.45) is 0 Å². The van der Waals surface area contributed by atoms with Crippen molar-refractivity contribution >= 4 is 11.0 Å². The minimum absolute atomic E-state index is 0.0360. The summed E-state index contributed by atoms with van der Waals surface area (Å²) in [6, 6.07) is 28.1. The standard InChI is InChI=1S/C53H51N3O/c1-33-18-20-37(21-19-33)38-22-23-54-47(31-38)41-26-40(28-42(29-41)52(4,5)6)45-16-13-17-48-49(45)55-51(46-25-34(2)24-35(3)50(46)57)56(48)44-30-39(36-14-11-10-12-15-36)27-43(32-44)53(7,8)9/h10-32,57H,1-9H3/i1D3,18D,19D,20D,21D,22D,23D,31D. The van der Waals surface area contributed by atoms with E-state index in [9.17, 15) is 6.48 Å². The van der Waals surface area contributed by atoms with Crippen LogP contribution in [0.15, 0.2) is 139 Å². The maximum absolute atomic E-state index is 11.8. The van der Waals surface area contributed by atoms with Gasteiger partial charge in [0.2, 0.25) is 0 Å². The molecule has 0 amide bonds. The lowest BCUT2D eigenvalue weighted by Crippen LogP contribution is -2.12. The molecule has 0 spiro atoms. The summed E-state index contributed by atoms with van der Waals surface area (Å²) in [5.74, 6) is 0.637. The van der Waals surface area contributed by atoms with Gasteiger partial charge in [-0.3, -0.25) is 9.55 Å². The average Bonchev–Trinajstić information content (AvgIpc) is 3.65. The molecule has 8 aromatic rings. The number of benzene rings is 6. The summed E-state index contributed by atoms with van der Waals surface area (Å²) in [7, 11) is 0. The molecule has 0 bridgehead atoms. The maximum Gasteiger partial charge on any atom is 0.149 e. The molecular weight excluding hydrogens is 695 g/mol. The molecule has 0 aliphatic rings. The summed E-state index contributed by atoms with van der Waals surface area (Å²) < 4.78 is 87.8. The molecule has 1 N–H and O–H groups in total. The highest BCUT2D eigenvalue weighted by molar-refractivity contribution is 5.97. The van der Waals surface area contributed by atoms with E-state index in [0.717, 1.165) is 44.6 Å². The van der Waals surface area contributed by atoms with Crippen molar-refractivity contribution < 1.29 is 18.8 Å². The van der Waals surface area contributed by atoms with Gasteiger partial charge in [0.05, 0.1) is 31.9 Å². The van der Waals surface area contributed by atoms with Crippen molar-refractivity contribution in [3.63, 3.8) is 0 Å². The van der Waals surface area contributed by atoms with Crippen LogP contribution in [0.3, 0.4) is 0 Å². The first-order valence-corrected chi connectivity index (χ1v) is 19.1. The number of fused-ring (bicyclic) bond motifs is 1. The van der Waals surface area contributed by atoms with Crippen LogP contribution >= 0.6 is 0 Å². The molecular formula is C53H51N3O. The van der Waals surface area contributed by atoms with E-state index in [0.29, 0.717) is 33.6 Å². The monoisotopic (exact) mass is 755 g/mol. The van der Waals surface area contributed by atoms with Crippen molar-refractivity contribution in [2.75, 3.05) is 0 Å². The molecule has 2 aromatic heterocycles. The Morgan fingerprint density at radius 1 is 0.614 bits per heavy atom. The van der Waals surface area contributed by atoms with Crippen LogP contribution in [0.5, 0.6) is 5.75 Å². The van der Waals surface area contributed by atoms with Crippen LogP contribution in [0.2, 0.25) is 0 Å². The molecule has 0 fully saturated rings. The van der Waals surface area contributed by atoms with Gasteiger partial charge in [-0.1, -0.05) is 132 Å². The molecule has 0 saturated heterocycles. The number of imidazole rings is 1. The Kier molecular flexibility index (Phi) is 6.89. The van der Waals surface area contributed by atoms with Gasteiger partial charge < -0.3 is 5.11 Å². The van der Waals surface area contributed by atoms with Crippen LogP contribution in [0.25, 0.3) is 72.7 Å². The van der Waals surface area contributed by atoms with Gasteiger partial charge >= 0.3 is 0 Å². The number of aromatic hydroxyl groups is 1. The van der Waals surface area contributed by atoms with E-state index in [1.165, 1.54) is 0 Å². The third-order valence-electron chi connectivity index (χ3n) is 10.4. The highest BCUT2D eigenvalue weighted by Crippen LogP contribution is 2.42. The van der Waals surface area contributed by atoms with Crippen molar-refractivity contribution in [1.29, 1.82) is 0 Å². The normalized spacial score (nSPS) is 14.7. The molecule has 0 saturated carbocycles. The van der Waals surface area contributed by atoms with Gasteiger partial charge in [0, 0.05) is 27.1 Å². The Labute approximate surface area is 351 Å². The number of para-hydroxylation sites is 1. The van der Waals surface area contributed by atoms with Crippen LogP contribution in [0, 0.1) is 20.7 Å². The third kappa shape index (κ3) is 7.40. The molecule has 0 unspecified atom stereocenters. The van der Waals surface area contributed by atoms with Crippen molar-refractivity contribution in [3.8, 4) is 67.5 Å².